The van der Waals surface area contributed by atoms with Crippen LogP contribution < -0.4 is 10.6 Å². The molecule has 0 heterocycles. The van der Waals surface area contributed by atoms with Crippen molar-refractivity contribution in [1.29, 1.82) is 0 Å². The zero-order valence-corrected chi connectivity index (χ0v) is 9.97. The van der Waals surface area contributed by atoms with Crippen LogP contribution in [0.4, 0.5) is 0 Å². The van der Waals surface area contributed by atoms with E-state index < -0.39 is 0 Å². The molecule has 0 bridgehead atoms. The predicted molar refractivity (Wildman–Crippen MR) is 64.4 cm³/mol. The van der Waals surface area contributed by atoms with Crippen LogP contribution in [0.15, 0.2) is 24.3 Å². The summed E-state index contributed by atoms with van der Waals surface area (Å²) in [6.07, 6.45) is 1.98. The summed E-state index contributed by atoms with van der Waals surface area (Å²) in [4.78, 5) is 11.6. The van der Waals surface area contributed by atoms with Crippen molar-refractivity contribution in [1.82, 2.24) is 10.6 Å². The maximum atomic E-state index is 11.6. The monoisotopic (exact) mass is 238 g/mol. The van der Waals surface area contributed by atoms with Gasteiger partial charge < -0.3 is 10.6 Å². The number of nitrogens with one attached hydrogen (secondary N) is 2. The molecule has 0 spiro atoms. The summed E-state index contributed by atoms with van der Waals surface area (Å²) in [5, 5.41) is 6.61. The minimum atomic E-state index is -0.168. The van der Waals surface area contributed by atoms with E-state index >= 15 is 0 Å². The lowest BCUT2D eigenvalue weighted by molar-refractivity contribution is -0.121. The van der Waals surface area contributed by atoms with Crippen LogP contribution in [-0.4, -0.2) is 19.5 Å². The van der Waals surface area contributed by atoms with E-state index in [2.05, 4.69) is 10.6 Å². The first-order chi connectivity index (χ1) is 7.66. The summed E-state index contributed by atoms with van der Waals surface area (Å²) < 4.78 is 0. The van der Waals surface area contributed by atoms with Crippen LogP contribution in [-0.2, 0) is 10.3 Å². The molecule has 1 aromatic carbocycles. The molecule has 2 rings (SSSR count). The maximum absolute atomic E-state index is 11.6. The summed E-state index contributed by atoms with van der Waals surface area (Å²) >= 11 is 5.95. The van der Waals surface area contributed by atoms with E-state index in [0.717, 1.165) is 18.4 Å². The van der Waals surface area contributed by atoms with Crippen molar-refractivity contribution in [2.75, 3.05) is 13.6 Å². The van der Waals surface area contributed by atoms with Gasteiger partial charge in [0.15, 0.2) is 0 Å². The minimum absolute atomic E-state index is 0.0278. The van der Waals surface area contributed by atoms with E-state index in [1.54, 1.807) is 7.05 Å². The van der Waals surface area contributed by atoms with E-state index in [1.165, 1.54) is 0 Å². The number of hydrogen-bond donors (Lipinski definition) is 2. The topological polar surface area (TPSA) is 41.1 Å². The first kappa shape index (κ1) is 11.4. The van der Waals surface area contributed by atoms with Crippen LogP contribution >= 0.6 is 11.6 Å². The van der Waals surface area contributed by atoms with E-state index in [4.69, 9.17) is 11.6 Å². The van der Waals surface area contributed by atoms with Crippen LogP contribution in [0.5, 0.6) is 0 Å². The quantitative estimate of drug-likeness (QED) is 0.838. The van der Waals surface area contributed by atoms with E-state index in [1.807, 2.05) is 24.3 Å². The van der Waals surface area contributed by atoms with E-state index in [9.17, 15) is 4.79 Å². The van der Waals surface area contributed by atoms with Gasteiger partial charge in [0.05, 0.1) is 12.1 Å². The SMILES string of the molecule is CNCC(=O)NC1(c2cccc(Cl)c2)CC1. The van der Waals surface area contributed by atoms with Gasteiger partial charge in [0.2, 0.25) is 5.91 Å². The van der Waals surface area contributed by atoms with Gasteiger partial charge in [0, 0.05) is 5.02 Å². The van der Waals surface area contributed by atoms with Crippen LogP contribution in [0.1, 0.15) is 18.4 Å². The second-order valence-electron chi connectivity index (χ2n) is 4.17. The Balaban J connectivity index is 2.11. The molecule has 2 N–H and O–H groups in total. The Labute approximate surface area is 100 Å². The third kappa shape index (κ3) is 2.36. The predicted octanol–water partition coefficient (Wildman–Crippen LogP) is 1.66. The average molecular weight is 239 g/mol. The molecule has 1 aliphatic rings. The zero-order valence-electron chi connectivity index (χ0n) is 9.22. The fraction of sp³-hybridized carbons (Fsp3) is 0.417. The molecule has 0 radical (unpaired) electrons. The average Bonchev–Trinajstić information content (AvgIpc) is 2.99. The smallest absolute Gasteiger partial charge is 0.234 e. The Morgan fingerprint density at radius 3 is 2.81 bits per heavy atom. The highest BCUT2D eigenvalue weighted by atomic mass is 35.5. The highest BCUT2D eigenvalue weighted by Crippen LogP contribution is 2.45. The largest absolute Gasteiger partial charge is 0.345 e. The highest BCUT2D eigenvalue weighted by molar-refractivity contribution is 6.30. The molecule has 1 fully saturated rings. The molecule has 0 saturated heterocycles. The summed E-state index contributed by atoms with van der Waals surface area (Å²) in [5.41, 5.74) is 0.934. The second-order valence-corrected chi connectivity index (χ2v) is 4.61. The molecule has 0 aromatic heterocycles. The van der Waals surface area contributed by atoms with Crippen LogP contribution in [0.2, 0.25) is 5.02 Å². The lowest BCUT2D eigenvalue weighted by Crippen LogP contribution is -2.39. The minimum Gasteiger partial charge on any atom is -0.345 e. The molecule has 16 heavy (non-hydrogen) atoms. The Morgan fingerprint density at radius 2 is 2.25 bits per heavy atom. The molecule has 1 aliphatic carbocycles. The van der Waals surface area contributed by atoms with Gasteiger partial charge in [0.1, 0.15) is 0 Å². The summed E-state index contributed by atoms with van der Waals surface area (Å²) in [7, 11) is 1.76. The van der Waals surface area contributed by atoms with Gasteiger partial charge in [-0.1, -0.05) is 23.7 Å². The normalized spacial score (nSPS) is 16.9. The number of amides is 1. The van der Waals surface area contributed by atoms with Gasteiger partial charge in [-0.15, -0.1) is 0 Å². The Morgan fingerprint density at radius 1 is 1.50 bits per heavy atom. The fourth-order valence-electron chi connectivity index (χ4n) is 1.87. The molecule has 0 atom stereocenters. The molecule has 0 unspecified atom stereocenters. The molecular formula is C12H15ClN2O. The number of likely N-dealkylation sites (N-methyl/N-ethyl adjacent to an activating group) is 1. The molecular weight excluding hydrogens is 224 g/mol. The summed E-state index contributed by atoms with van der Waals surface area (Å²) in [6.45, 7) is 0.350. The lowest BCUT2D eigenvalue weighted by Gasteiger charge is -2.18. The molecule has 0 aliphatic heterocycles. The number of carbonyl (C=O) groups is 1. The van der Waals surface area contributed by atoms with E-state index in [0.29, 0.717) is 11.6 Å². The third-order valence-electron chi connectivity index (χ3n) is 2.84. The zero-order chi connectivity index (χ0) is 11.6. The summed E-state index contributed by atoms with van der Waals surface area (Å²) in [6, 6.07) is 7.70. The first-order valence-electron chi connectivity index (χ1n) is 5.38. The number of rotatable bonds is 4. The molecule has 1 aromatic rings. The lowest BCUT2D eigenvalue weighted by atomic mass is 10.1. The van der Waals surface area contributed by atoms with Gasteiger partial charge in [-0.3, -0.25) is 4.79 Å². The number of halogens is 1. The van der Waals surface area contributed by atoms with Crippen LogP contribution in [0, 0.1) is 0 Å². The van der Waals surface area contributed by atoms with Gasteiger partial charge >= 0.3 is 0 Å². The van der Waals surface area contributed by atoms with Crippen LogP contribution in [0.3, 0.4) is 0 Å². The molecule has 3 nitrogen and oxygen atoms in total. The molecule has 1 saturated carbocycles. The second kappa shape index (κ2) is 4.44. The Hall–Kier alpha value is -1.06. The van der Waals surface area contributed by atoms with Crippen LogP contribution in [0.25, 0.3) is 0 Å². The maximum Gasteiger partial charge on any atom is 0.234 e. The van der Waals surface area contributed by atoms with Crippen molar-refractivity contribution < 1.29 is 4.79 Å². The first-order valence-corrected chi connectivity index (χ1v) is 5.76. The van der Waals surface area contributed by atoms with Gasteiger partial charge in [0.25, 0.3) is 0 Å². The third-order valence-corrected chi connectivity index (χ3v) is 3.08. The number of benzene rings is 1. The van der Waals surface area contributed by atoms with Crippen molar-refractivity contribution in [3.05, 3.63) is 34.9 Å². The Bertz CT molecular complexity index is 402. The molecule has 4 heteroatoms. The highest BCUT2D eigenvalue weighted by Gasteiger charge is 2.45. The van der Waals surface area contributed by atoms with Crippen molar-refractivity contribution in [3.8, 4) is 0 Å². The summed E-state index contributed by atoms with van der Waals surface area (Å²) in [5.74, 6) is 0.0278. The van der Waals surface area contributed by atoms with Crippen molar-refractivity contribution >= 4 is 17.5 Å². The van der Waals surface area contributed by atoms with Crippen molar-refractivity contribution in [2.45, 2.75) is 18.4 Å². The Kier molecular flexibility index (Phi) is 3.17. The molecule has 1 amide bonds. The van der Waals surface area contributed by atoms with Gasteiger partial charge in [-0.2, -0.15) is 0 Å². The van der Waals surface area contributed by atoms with Crippen molar-refractivity contribution in [3.63, 3.8) is 0 Å². The number of carbonyl (C=O) groups excluding carboxylic acids is 1. The van der Waals surface area contributed by atoms with Gasteiger partial charge in [-0.25, -0.2) is 0 Å². The fourth-order valence-corrected chi connectivity index (χ4v) is 2.06. The van der Waals surface area contributed by atoms with Gasteiger partial charge in [-0.05, 0) is 37.6 Å². The molecule has 86 valence electrons. The van der Waals surface area contributed by atoms with Crippen molar-refractivity contribution in [2.24, 2.45) is 0 Å². The standard InChI is InChI=1S/C12H15ClN2O/c1-14-8-11(16)15-12(5-6-12)9-3-2-4-10(13)7-9/h2-4,7,14H,5-6,8H2,1H3,(H,15,16). The number of hydrogen-bond acceptors (Lipinski definition) is 2. The van der Waals surface area contributed by atoms with E-state index in [-0.39, 0.29) is 11.4 Å².